The van der Waals surface area contributed by atoms with Gasteiger partial charge in [-0.1, -0.05) is 0 Å². The van der Waals surface area contributed by atoms with E-state index in [0.29, 0.717) is 8.37 Å². The van der Waals surface area contributed by atoms with Crippen molar-refractivity contribution >= 4 is 24.4 Å². The predicted octanol–water partition coefficient (Wildman–Crippen LogP) is 6.96. The molecule has 174 valence electrons. The average Bonchev–Trinajstić information content (AvgIpc) is 3.80. The molecule has 0 N–H and O–H groups in total. The quantitative estimate of drug-likeness (QED) is 0.266. The average molecular weight is 515 g/mol. The summed E-state index contributed by atoms with van der Waals surface area (Å²) in [5, 5.41) is 3.30. The van der Waals surface area contributed by atoms with Crippen molar-refractivity contribution in [2.45, 2.75) is 52.9 Å². The van der Waals surface area contributed by atoms with Crippen LogP contribution in [0.1, 0.15) is 11.6 Å². The van der Waals surface area contributed by atoms with Gasteiger partial charge in [-0.05, 0) is 0 Å². The van der Waals surface area contributed by atoms with Crippen molar-refractivity contribution in [3.05, 3.63) is 96.6 Å². The third-order valence-electron chi connectivity index (χ3n) is 19.3. The molecular formula is C31H26FeNOP. The van der Waals surface area contributed by atoms with E-state index in [2.05, 4.69) is 91.0 Å². The molecule has 2 nitrogen and oxygen atoms in total. The SMILES string of the molecule is c1ccc(C2COC([C]34[CH]5[CH]6[CH]7[C]3(P(c3ccccc3)c3ccccc3)[Fe]6574389%10[CH]4[CH]3[CH]8[CH]9[CH]4%10)=N2)cc1. The molecule has 1 spiro atoms. The first-order valence-electron chi connectivity index (χ1n) is 13.5. The summed E-state index contributed by atoms with van der Waals surface area (Å²) >= 11 is 0. The van der Waals surface area contributed by atoms with E-state index in [9.17, 15) is 0 Å². The molecule has 10 saturated heterocycles. The van der Waals surface area contributed by atoms with Crippen LogP contribution >= 0.6 is 7.92 Å². The van der Waals surface area contributed by atoms with Gasteiger partial charge in [0.2, 0.25) is 0 Å². The number of hydrogen-bond acceptors (Lipinski definition) is 2. The molecule has 0 aromatic heterocycles. The third-order valence-corrected chi connectivity index (χ3v) is 69.0. The van der Waals surface area contributed by atoms with Crippen molar-refractivity contribution < 1.29 is 11.2 Å². The van der Waals surface area contributed by atoms with Crippen LogP contribution in [-0.2, 0) is 11.2 Å². The first kappa shape index (κ1) is 16.0. The summed E-state index contributed by atoms with van der Waals surface area (Å²) < 4.78 is 7.97. The molecule has 6 atom stereocenters. The number of nitrogens with zero attached hydrogens (tertiary/aromatic N) is 1. The first-order valence-corrected chi connectivity index (χ1v) is 21.0. The van der Waals surface area contributed by atoms with E-state index in [-0.39, 0.29) is 14.0 Å². The Morgan fingerprint density at radius 1 is 0.686 bits per heavy atom. The van der Waals surface area contributed by atoms with Crippen molar-refractivity contribution in [1.29, 1.82) is 0 Å². The van der Waals surface area contributed by atoms with Crippen LogP contribution in [0.5, 0.6) is 0 Å². The van der Waals surface area contributed by atoms with Crippen molar-refractivity contribution in [3.63, 3.8) is 0 Å². The van der Waals surface area contributed by atoms with Gasteiger partial charge in [0.15, 0.2) is 0 Å². The van der Waals surface area contributed by atoms with E-state index in [4.69, 9.17) is 9.73 Å². The molecule has 0 saturated carbocycles. The van der Waals surface area contributed by atoms with Crippen LogP contribution in [-0.4, -0.2) is 16.6 Å². The Bertz CT molecular complexity index is 1950. The molecule has 11 aliphatic rings. The van der Waals surface area contributed by atoms with Gasteiger partial charge in [0, 0.05) is 0 Å². The summed E-state index contributed by atoms with van der Waals surface area (Å²) in [6.07, 6.45) is 0. The molecular weight excluding hydrogens is 489 g/mol. The number of fused-ring (bicyclic) bond motifs is 10. The molecule has 11 heterocycles. The molecule has 0 aliphatic carbocycles. The van der Waals surface area contributed by atoms with Crippen LogP contribution in [0.25, 0.3) is 0 Å². The van der Waals surface area contributed by atoms with Gasteiger partial charge in [0.1, 0.15) is 0 Å². The van der Waals surface area contributed by atoms with Crippen LogP contribution in [0, 0.1) is 0 Å². The second kappa shape index (κ2) is 2.34. The Morgan fingerprint density at radius 2 is 1.23 bits per heavy atom. The molecule has 10 fully saturated rings. The van der Waals surface area contributed by atoms with Crippen molar-refractivity contribution in [1.82, 2.24) is 0 Å². The Morgan fingerprint density at radius 3 is 1.74 bits per heavy atom. The molecule has 0 bridgehead atoms. The minimum atomic E-state index is -3.82. The zero-order chi connectivity index (χ0) is 22.1. The van der Waals surface area contributed by atoms with Crippen LogP contribution in [0.3, 0.4) is 0 Å². The second-order valence-electron chi connectivity index (χ2n) is 15.4. The van der Waals surface area contributed by atoms with Gasteiger partial charge in [-0.25, -0.2) is 0 Å². The number of ether oxygens (including phenoxy) is 1. The Labute approximate surface area is 196 Å². The van der Waals surface area contributed by atoms with Gasteiger partial charge in [0.05, 0.1) is 0 Å². The summed E-state index contributed by atoms with van der Waals surface area (Å²) in [6, 6.07) is 34.8. The monoisotopic (exact) mass is 515 g/mol. The molecule has 4 heteroatoms. The summed E-state index contributed by atoms with van der Waals surface area (Å²) in [5.41, 5.74) is 1.34. The zero-order valence-electron chi connectivity index (χ0n) is 19.2. The molecule has 35 heavy (non-hydrogen) atoms. The predicted molar refractivity (Wildman–Crippen MR) is 137 cm³/mol. The van der Waals surface area contributed by atoms with E-state index < -0.39 is 6.51 Å². The van der Waals surface area contributed by atoms with Crippen LogP contribution < -0.4 is 10.6 Å². The third kappa shape index (κ3) is 0.365. The maximum absolute atomic E-state index is 6.89. The van der Waals surface area contributed by atoms with E-state index in [1.54, 1.807) is 10.6 Å². The van der Waals surface area contributed by atoms with Crippen molar-refractivity contribution in [2.24, 2.45) is 4.99 Å². The zero-order valence-corrected chi connectivity index (χ0v) is 21.2. The van der Waals surface area contributed by atoms with Crippen LogP contribution in [0.4, 0.5) is 0 Å². The summed E-state index contributed by atoms with van der Waals surface area (Å²) in [6.45, 7) is -3.05. The van der Waals surface area contributed by atoms with E-state index >= 15 is 0 Å². The van der Waals surface area contributed by atoms with E-state index in [1.165, 1.54) is 45.2 Å². The number of rotatable bonds is 5. The van der Waals surface area contributed by atoms with Gasteiger partial charge in [-0.2, -0.15) is 0 Å². The Hall–Kier alpha value is -1.92. The maximum atomic E-state index is 6.89. The normalized spacial score (nSPS) is 70.0. The van der Waals surface area contributed by atoms with Crippen molar-refractivity contribution in [2.75, 3.05) is 6.61 Å². The first-order chi connectivity index (χ1) is 17.1. The van der Waals surface area contributed by atoms with Gasteiger partial charge in [0.25, 0.3) is 0 Å². The van der Waals surface area contributed by atoms with Gasteiger partial charge in [-0.3, -0.25) is 0 Å². The fourth-order valence-corrected chi connectivity index (χ4v) is 111. The summed E-state index contributed by atoms with van der Waals surface area (Å²) in [4.78, 5) is 15.2. The summed E-state index contributed by atoms with van der Waals surface area (Å²) in [7, 11) is -0.362. The topological polar surface area (TPSA) is 21.6 Å². The fraction of sp³-hybridized carbons (Fsp3) is 0.387. The standard InChI is InChI=1S/C26H21NOP.C5H5.Fe/c1-4-11-20(12-5-1)24-19-28-26(27-24)23-17-10-18-25(23)29(21-13-6-2-7-14-21)22-15-8-3-9-16-22;1-2-4-5-3-1;/h1-18,24H,19H2;1-5H;. The number of hydrogen-bond donors (Lipinski definition) is 0. The summed E-state index contributed by atoms with van der Waals surface area (Å²) in [5.74, 6) is 1.33. The van der Waals surface area contributed by atoms with Crippen LogP contribution in [0.15, 0.2) is 96.0 Å². The van der Waals surface area contributed by atoms with Gasteiger partial charge >= 0.3 is 197 Å². The molecule has 14 rings (SSSR count). The molecule has 3 aromatic carbocycles. The second-order valence-corrected chi connectivity index (χ2v) is 41.4. The Kier molecular flexibility index (Phi) is 1.07. The minimum absolute atomic E-state index is 0.211. The molecule has 11 aliphatic heterocycles. The Balaban J connectivity index is 1.11. The number of benzene rings is 3. The van der Waals surface area contributed by atoms with Crippen molar-refractivity contribution in [3.8, 4) is 0 Å². The van der Waals surface area contributed by atoms with Crippen LogP contribution in [0.2, 0.25) is 42.8 Å². The fourth-order valence-electron chi connectivity index (χ4n) is 20.8. The molecule has 3 aromatic rings. The van der Waals surface area contributed by atoms with E-state index in [1.807, 2.05) is 0 Å². The number of aliphatic imine (C=N–C) groups is 1. The van der Waals surface area contributed by atoms with Gasteiger partial charge < -0.3 is 0 Å². The van der Waals surface area contributed by atoms with Gasteiger partial charge in [-0.15, -0.1) is 0 Å². The van der Waals surface area contributed by atoms with E-state index in [0.717, 1.165) is 11.4 Å². The molecule has 6 unspecified atom stereocenters. The molecule has 0 radical (unpaired) electrons. The molecule has 0 amide bonds.